The standard InChI is InChI=1S/C23H18N4O2/c28-23(29)18-11-13-21(14-12-18)27-16-19(15-24-25-20-9-5-2-6-10-20)22(26-27)17-7-3-1-4-8-17/h1-16,25H,(H,28,29)/b24-15+. The van der Waals surface area contributed by atoms with Crippen molar-refractivity contribution in [3.63, 3.8) is 0 Å². The van der Waals surface area contributed by atoms with Crippen molar-refractivity contribution in [3.8, 4) is 16.9 Å². The second kappa shape index (κ2) is 8.22. The topological polar surface area (TPSA) is 79.5 Å². The molecule has 6 nitrogen and oxygen atoms in total. The van der Waals surface area contributed by atoms with E-state index in [0.29, 0.717) is 0 Å². The number of anilines is 1. The zero-order valence-electron chi connectivity index (χ0n) is 15.4. The van der Waals surface area contributed by atoms with Gasteiger partial charge in [0.15, 0.2) is 0 Å². The van der Waals surface area contributed by atoms with Crippen LogP contribution < -0.4 is 5.43 Å². The summed E-state index contributed by atoms with van der Waals surface area (Å²) in [5, 5.41) is 18.1. The highest BCUT2D eigenvalue weighted by Gasteiger charge is 2.11. The predicted molar refractivity (Wildman–Crippen MR) is 114 cm³/mol. The van der Waals surface area contributed by atoms with Crippen molar-refractivity contribution in [2.45, 2.75) is 0 Å². The van der Waals surface area contributed by atoms with Gasteiger partial charge in [0, 0.05) is 17.3 Å². The lowest BCUT2D eigenvalue weighted by molar-refractivity contribution is 0.0697. The van der Waals surface area contributed by atoms with Gasteiger partial charge in [-0.1, -0.05) is 48.5 Å². The van der Waals surface area contributed by atoms with Crippen LogP contribution in [0.1, 0.15) is 15.9 Å². The van der Waals surface area contributed by atoms with Crippen LogP contribution in [-0.4, -0.2) is 27.1 Å². The number of hydrogen-bond donors (Lipinski definition) is 2. The third kappa shape index (κ3) is 4.22. The van der Waals surface area contributed by atoms with E-state index in [2.05, 4.69) is 10.5 Å². The largest absolute Gasteiger partial charge is 0.478 e. The molecule has 1 aromatic heterocycles. The first-order valence-corrected chi connectivity index (χ1v) is 9.04. The van der Waals surface area contributed by atoms with E-state index in [-0.39, 0.29) is 5.56 Å². The first-order valence-electron chi connectivity index (χ1n) is 9.04. The molecule has 142 valence electrons. The molecule has 2 N–H and O–H groups in total. The highest BCUT2D eigenvalue weighted by atomic mass is 16.4. The van der Waals surface area contributed by atoms with Crippen LogP contribution in [0.3, 0.4) is 0 Å². The summed E-state index contributed by atoms with van der Waals surface area (Å²) in [5.74, 6) is -0.957. The summed E-state index contributed by atoms with van der Waals surface area (Å²) >= 11 is 0. The Balaban J connectivity index is 1.68. The van der Waals surface area contributed by atoms with Gasteiger partial charge in [-0.2, -0.15) is 10.2 Å². The Morgan fingerprint density at radius 3 is 2.24 bits per heavy atom. The zero-order valence-corrected chi connectivity index (χ0v) is 15.4. The van der Waals surface area contributed by atoms with Gasteiger partial charge in [0.05, 0.1) is 23.2 Å². The number of nitrogens with zero attached hydrogens (tertiary/aromatic N) is 3. The van der Waals surface area contributed by atoms with Crippen LogP contribution in [0.25, 0.3) is 16.9 Å². The first-order chi connectivity index (χ1) is 14.2. The molecule has 0 radical (unpaired) electrons. The van der Waals surface area contributed by atoms with Crippen molar-refractivity contribution in [2.24, 2.45) is 5.10 Å². The molecule has 4 aromatic rings. The van der Waals surface area contributed by atoms with Gasteiger partial charge < -0.3 is 5.11 Å². The van der Waals surface area contributed by atoms with Gasteiger partial charge in [0.1, 0.15) is 5.69 Å². The van der Waals surface area contributed by atoms with Crippen molar-refractivity contribution >= 4 is 17.9 Å². The Morgan fingerprint density at radius 2 is 1.59 bits per heavy atom. The molecule has 6 heteroatoms. The van der Waals surface area contributed by atoms with Crippen molar-refractivity contribution in [2.75, 3.05) is 5.43 Å². The predicted octanol–water partition coefficient (Wildman–Crippen LogP) is 4.68. The van der Waals surface area contributed by atoms with Gasteiger partial charge in [-0.25, -0.2) is 9.48 Å². The van der Waals surface area contributed by atoms with E-state index < -0.39 is 5.97 Å². The highest BCUT2D eigenvalue weighted by molar-refractivity contribution is 5.89. The van der Waals surface area contributed by atoms with E-state index >= 15 is 0 Å². The molecule has 4 rings (SSSR count). The summed E-state index contributed by atoms with van der Waals surface area (Å²) in [4.78, 5) is 11.1. The van der Waals surface area contributed by atoms with E-state index in [1.54, 1.807) is 35.2 Å². The minimum absolute atomic E-state index is 0.234. The lowest BCUT2D eigenvalue weighted by Crippen LogP contribution is -1.98. The molecule has 0 fully saturated rings. The van der Waals surface area contributed by atoms with E-state index in [1.165, 1.54) is 0 Å². The maximum Gasteiger partial charge on any atom is 0.335 e. The number of aromatic nitrogens is 2. The summed E-state index contributed by atoms with van der Waals surface area (Å²) in [6, 6.07) is 26.1. The van der Waals surface area contributed by atoms with Crippen molar-refractivity contribution in [1.29, 1.82) is 0 Å². The van der Waals surface area contributed by atoms with Crippen LogP contribution in [0.15, 0.2) is 96.2 Å². The lowest BCUT2D eigenvalue weighted by atomic mass is 10.1. The Hall–Kier alpha value is -4.19. The average Bonchev–Trinajstić information content (AvgIpc) is 3.19. The van der Waals surface area contributed by atoms with E-state index in [0.717, 1.165) is 28.2 Å². The Labute approximate surface area is 167 Å². The van der Waals surface area contributed by atoms with Crippen LogP contribution in [0, 0.1) is 0 Å². The number of carboxylic acid groups (broad SMARTS) is 1. The number of rotatable bonds is 6. The summed E-state index contributed by atoms with van der Waals surface area (Å²) < 4.78 is 1.72. The second-order valence-electron chi connectivity index (χ2n) is 6.33. The van der Waals surface area contributed by atoms with Crippen LogP contribution in [-0.2, 0) is 0 Å². The highest BCUT2D eigenvalue weighted by Crippen LogP contribution is 2.22. The molecule has 1 heterocycles. The van der Waals surface area contributed by atoms with Crippen LogP contribution in [0.5, 0.6) is 0 Å². The summed E-state index contributed by atoms with van der Waals surface area (Å²) in [7, 11) is 0. The molecule has 0 saturated carbocycles. The molecule has 0 aliphatic carbocycles. The summed E-state index contributed by atoms with van der Waals surface area (Å²) in [5.41, 5.74) is 7.49. The Morgan fingerprint density at radius 1 is 0.931 bits per heavy atom. The monoisotopic (exact) mass is 382 g/mol. The molecule has 0 atom stereocenters. The summed E-state index contributed by atoms with van der Waals surface area (Å²) in [6.07, 6.45) is 3.60. The maximum absolute atomic E-state index is 11.1. The molecular weight excluding hydrogens is 364 g/mol. The lowest BCUT2D eigenvalue weighted by Gasteiger charge is -2.02. The van der Waals surface area contributed by atoms with Crippen molar-refractivity contribution in [1.82, 2.24) is 9.78 Å². The van der Waals surface area contributed by atoms with Gasteiger partial charge in [-0.3, -0.25) is 5.43 Å². The minimum Gasteiger partial charge on any atom is -0.478 e. The first kappa shape index (κ1) is 18.2. The van der Waals surface area contributed by atoms with E-state index in [4.69, 9.17) is 10.2 Å². The molecule has 0 aliphatic heterocycles. The number of aromatic carboxylic acids is 1. The SMILES string of the molecule is O=C(O)c1ccc(-n2cc(/C=N/Nc3ccccc3)c(-c3ccccc3)n2)cc1. The number of hydrogen-bond acceptors (Lipinski definition) is 4. The van der Waals surface area contributed by atoms with Crippen molar-refractivity contribution in [3.05, 3.63) is 102 Å². The van der Waals surface area contributed by atoms with Crippen molar-refractivity contribution < 1.29 is 9.90 Å². The minimum atomic E-state index is -0.957. The molecule has 3 aromatic carbocycles. The number of benzene rings is 3. The van der Waals surface area contributed by atoms with Crippen LogP contribution >= 0.6 is 0 Å². The molecule has 29 heavy (non-hydrogen) atoms. The van der Waals surface area contributed by atoms with Crippen LogP contribution in [0.2, 0.25) is 0 Å². The third-order valence-electron chi connectivity index (χ3n) is 4.34. The second-order valence-corrected chi connectivity index (χ2v) is 6.33. The molecule has 0 unspecified atom stereocenters. The fraction of sp³-hybridized carbons (Fsp3) is 0. The molecule has 0 saturated heterocycles. The average molecular weight is 382 g/mol. The number of hydrazone groups is 1. The fourth-order valence-corrected chi connectivity index (χ4v) is 2.88. The zero-order chi connectivity index (χ0) is 20.1. The fourth-order valence-electron chi connectivity index (χ4n) is 2.88. The molecule has 0 bridgehead atoms. The smallest absolute Gasteiger partial charge is 0.335 e. The van der Waals surface area contributed by atoms with Gasteiger partial charge in [0.2, 0.25) is 0 Å². The van der Waals surface area contributed by atoms with Crippen LogP contribution in [0.4, 0.5) is 5.69 Å². The van der Waals surface area contributed by atoms with Gasteiger partial charge in [-0.15, -0.1) is 0 Å². The Bertz CT molecular complexity index is 1130. The normalized spacial score (nSPS) is 10.9. The van der Waals surface area contributed by atoms with E-state index in [9.17, 15) is 4.79 Å². The van der Waals surface area contributed by atoms with E-state index in [1.807, 2.05) is 66.9 Å². The third-order valence-corrected chi connectivity index (χ3v) is 4.34. The molecule has 0 amide bonds. The number of nitrogens with one attached hydrogen (secondary N) is 1. The Kier molecular flexibility index (Phi) is 5.16. The van der Waals surface area contributed by atoms with Gasteiger partial charge >= 0.3 is 5.97 Å². The number of carboxylic acids is 1. The maximum atomic E-state index is 11.1. The molecule has 0 aliphatic rings. The van der Waals surface area contributed by atoms with Gasteiger partial charge in [0.25, 0.3) is 0 Å². The quantitative estimate of drug-likeness (QED) is 0.375. The number of para-hydroxylation sites is 1. The number of carbonyl (C=O) groups is 1. The summed E-state index contributed by atoms with van der Waals surface area (Å²) in [6.45, 7) is 0. The molecular formula is C23H18N4O2. The van der Waals surface area contributed by atoms with Gasteiger partial charge in [-0.05, 0) is 36.4 Å². The molecule has 0 spiro atoms.